The van der Waals surface area contributed by atoms with Crippen molar-refractivity contribution in [2.75, 3.05) is 0 Å². The number of fused-ring (bicyclic) bond motifs is 3. The first-order valence-corrected chi connectivity index (χ1v) is 8.36. The van der Waals surface area contributed by atoms with Gasteiger partial charge < -0.3 is 5.21 Å². The highest BCUT2D eigenvalue weighted by Crippen LogP contribution is 2.43. The number of pyridine rings is 1. The van der Waals surface area contributed by atoms with E-state index in [0.29, 0.717) is 12.5 Å². The highest BCUT2D eigenvalue weighted by atomic mass is 16.5. The molecule has 1 saturated carbocycles. The van der Waals surface area contributed by atoms with Crippen LogP contribution in [-0.4, -0.2) is 9.67 Å². The zero-order valence-electron chi connectivity index (χ0n) is 13.2. The highest BCUT2D eigenvalue weighted by Gasteiger charge is 2.31. The van der Waals surface area contributed by atoms with Crippen molar-refractivity contribution in [1.82, 2.24) is 9.67 Å². The van der Waals surface area contributed by atoms with Crippen LogP contribution in [0.5, 0.6) is 0 Å². The van der Waals surface area contributed by atoms with E-state index >= 15 is 0 Å². The van der Waals surface area contributed by atoms with Crippen LogP contribution in [0.2, 0.25) is 0 Å². The Morgan fingerprint density at radius 2 is 1.75 bits per heavy atom. The summed E-state index contributed by atoms with van der Waals surface area (Å²) in [6.07, 6.45) is 4.03. The number of benzene rings is 2. The van der Waals surface area contributed by atoms with Crippen LogP contribution in [0.4, 0.5) is 0 Å². The van der Waals surface area contributed by atoms with E-state index in [9.17, 15) is 5.21 Å². The van der Waals surface area contributed by atoms with Gasteiger partial charge >= 0.3 is 0 Å². The summed E-state index contributed by atoms with van der Waals surface area (Å²) in [6, 6.07) is 18.2. The minimum Gasteiger partial charge on any atom is -0.596 e. The SMILES string of the molecule is [O-][n+]1cc2c3ccccc3nc(C3CC3)c2n1Cc1ccccc1. The average molecular weight is 315 g/mol. The first-order valence-electron chi connectivity index (χ1n) is 8.36. The minimum atomic E-state index is 0.488. The molecular weight excluding hydrogens is 298 g/mol. The number of aromatic nitrogens is 3. The summed E-state index contributed by atoms with van der Waals surface area (Å²) in [4.78, 5) is 5.88. The maximum Gasteiger partial charge on any atom is 0.217 e. The Hall–Kier alpha value is -2.88. The molecule has 24 heavy (non-hydrogen) atoms. The number of nitrogens with zero attached hydrogens (tertiary/aromatic N) is 3. The lowest BCUT2D eigenvalue weighted by molar-refractivity contribution is -0.690. The monoisotopic (exact) mass is 315 g/mol. The van der Waals surface area contributed by atoms with Crippen molar-refractivity contribution < 1.29 is 4.85 Å². The number of hydrogen-bond donors (Lipinski definition) is 0. The zero-order valence-corrected chi connectivity index (χ0v) is 13.2. The second-order valence-corrected chi connectivity index (χ2v) is 6.53. The van der Waals surface area contributed by atoms with Crippen LogP contribution >= 0.6 is 0 Å². The molecule has 0 radical (unpaired) electrons. The Kier molecular flexibility index (Phi) is 2.86. The van der Waals surface area contributed by atoms with Gasteiger partial charge in [-0.25, -0.2) is 0 Å². The van der Waals surface area contributed by atoms with Gasteiger partial charge in [-0.2, -0.15) is 0 Å². The van der Waals surface area contributed by atoms with Crippen LogP contribution in [0.1, 0.15) is 30.0 Å². The Balaban J connectivity index is 1.81. The molecule has 2 heterocycles. The lowest BCUT2D eigenvalue weighted by Gasteiger charge is -2.08. The molecule has 1 fully saturated rings. The fraction of sp³-hybridized carbons (Fsp3) is 0.200. The highest BCUT2D eigenvalue weighted by molar-refractivity contribution is 6.05. The van der Waals surface area contributed by atoms with E-state index < -0.39 is 0 Å². The van der Waals surface area contributed by atoms with Gasteiger partial charge in [0.15, 0.2) is 0 Å². The van der Waals surface area contributed by atoms with E-state index in [2.05, 4.69) is 12.1 Å². The predicted molar refractivity (Wildman–Crippen MR) is 93.7 cm³/mol. The molecule has 4 nitrogen and oxygen atoms in total. The molecule has 5 rings (SSSR count). The second-order valence-electron chi connectivity index (χ2n) is 6.53. The first-order chi connectivity index (χ1) is 11.8. The summed E-state index contributed by atoms with van der Waals surface area (Å²) in [5.41, 5.74) is 4.17. The van der Waals surface area contributed by atoms with Crippen LogP contribution in [0, 0.1) is 5.21 Å². The third-order valence-corrected chi connectivity index (χ3v) is 4.81. The maximum atomic E-state index is 12.6. The summed E-state index contributed by atoms with van der Waals surface area (Å²) in [5, 5.41) is 14.7. The van der Waals surface area contributed by atoms with Crippen LogP contribution in [0.25, 0.3) is 21.8 Å². The maximum absolute atomic E-state index is 12.6. The van der Waals surface area contributed by atoms with Crippen molar-refractivity contribution in [3.8, 4) is 0 Å². The second kappa shape index (κ2) is 5.06. The molecule has 0 N–H and O–H groups in total. The van der Waals surface area contributed by atoms with E-state index in [1.807, 2.05) is 47.1 Å². The summed E-state index contributed by atoms with van der Waals surface area (Å²) in [6.45, 7) is 0.563. The van der Waals surface area contributed by atoms with Crippen molar-refractivity contribution in [1.29, 1.82) is 0 Å². The van der Waals surface area contributed by atoms with Crippen LogP contribution in [0.3, 0.4) is 0 Å². The molecule has 2 aromatic carbocycles. The largest absolute Gasteiger partial charge is 0.596 e. The molecule has 1 aliphatic carbocycles. The lowest BCUT2D eigenvalue weighted by atomic mass is 10.1. The fourth-order valence-electron chi connectivity index (χ4n) is 3.47. The van der Waals surface area contributed by atoms with Gasteiger partial charge in [-0.3, -0.25) is 4.98 Å². The lowest BCUT2D eigenvalue weighted by Crippen LogP contribution is -2.36. The molecule has 0 atom stereocenters. The van der Waals surface area contributed by atoms with Gasteiger partial charge in [0.1, 0.15) is 12.1 Å². The molecule has 4 aromatic rings. The van der Waals surface area contributed by atoms with E-state index in [1.54, 1.807) is 6.20 Å². The molecule has 4 heteroatoms. The van der Waals surface area contributed by atoms with Gasteiger partial charge in [-0.1, -0.05) is 53.4 Å². The molecule has 0 unspecified atom stereocenters. The standard InChI is InChI=1S/C20H17N3O/c24-23-13-17-16-8-4-5-9-18(16)21-19(15-10-11-15)20(17)22(23)12-14-6-2-1-3-7-14/h1-9,13,15H,10-12H2. The van der Waals surface area contributed by atoms with Crippen LogP contribution in [0.15, 0.2) is 60.8 Å². The first kappa shape index (κ1) is 13.5. The molecule has 0 spiro atoms. The van der Waals surface area contributed by atoms with Gasteiger partial charge in [0.2, 0.25) is 6.20 Å². The van der Waals surface area contributed by atoms with Crippen LogP contribution in [-0.2, 0) is 6.54 Å². The number of para-hydroxylation sites is 1. The average Bonchev–Trinajstić information content (AvgIpc) is 3.41. The predicted octanol–water partition coefficient (Wildman–Crippen LogP) is 3.75. The van der Waals surface area contributed by atoms with E-state index in [0.717, 1.165) is 50.7 Å². The number of rotatable bonds is 3. The minimum absolute atomic E-state index is 0.488. The molecule has 0 bridgehead atoms. The van der Waals surface area contributed by atoms with Gasteiger partial charge in [0.25, 0.3) is 0 Å². The van der Waals surface area contributed by atoms with Gasteiger partial charge in [-0.15, -0.1) is 4.68 Å². The topological polar surface area (TPSA) is 44.8 Å². The van der Waals surface area contributed by atoms with Crippen molar-refractivity contribution in [2.45, 2.75) is 25.3 Å². The molecule has 1 aliphatic rings. The number of hydrogen-bond acceptors (Lipinski definition) is 2. The van der Waals surface area contributed by atoms with Gasteiger partial charge in [0, 0.05) is 11.3 Å². The third-order valence-electron chi connectivity index (χ3n) is 4.81. The Morgan fingerprint density at radius 3 is 2.54 bits per heavy atom. The van der Waals surface area contributed by atoms with E-state index in [-0.39, 0.29) is 0 Å². The van der Waals surface area contributed by atoms with Gasteiger partial charge in [-0.05, 0) is 24.5 Å². The van der Waals surface area contributed by atoms with Crippen molar-refractivity contribution in [3.63, 3.8) is 0 Å². The summed E-state index contributed by atoms with van der Waals surface area (Å²) in [7, 11) is 0. The fourth-order valence-corrected chi connectivity index (χ4v) is 3.47. The molecule has 0 saturated heterocycles. The molecule has 0 amide bonds. The molecular formula is C20H17N3O. The van der Waals surface area contributed by atoms with E-state index in [1.165, 1.54) is 0 Å². The third kappa shape index (κ3) is 2.07. The Bertz CT molecular complexity index is 1050. The summed E-state index contributed by atoms with van der Waals surface area (Å²) in [5.74, 6) is 0.488. The summed E-state index contributed by atoms with van der Waals surface area (Å²) >= 11 is 0. The van der Waals surface area contributed by atoms with Gasteiger partial charge in [0.05, 0.1) is 16.6 Å². The normalized spacial score (nSPS) is 14.5. The molecule has 2 aromatic heterocycles. The molecule has 118 valence electrons. The quantitative estimate of drug-likeness (QED) is 0.427. The Morgan fingerprint density at radius 1 is 1.00 bits per heavy atom. The zero-order chi connectivity index (χ0) is 16.1. The van der Waals surface area contributed by atoms with Crippen molar-refractivity contribution in [3.05, 3.63) is 77.3 Å². The summed E-state index contributed by atoms with van der Waals surface area (Å²) < 4.78 is 1.82. The Labute approximate surface area is 139 Å². The van der Waals surface area contributed by atoms with E-state index in [4.69, 9.17) is 4.98 Å². The van der Waals surface area contributed by atoms with Crippen molar-refractivity contribution >= 4 is 21.8 Å². The van der Waals surface area contributed by atoms with Crippen LogP contribution < -0.4 is 4.85 Å². The smallest absolute Gasteiger partial charge is 0.217 e. The molecule has 0 aliphatic heterocycles. The van der Waals surface area contributed by atoms with Crippen molar-refractivity contribution in [2.24, 2.45) is 0 Å².